The summed E-state index contributed by atoms with van der Waals surface area (Å²) in [5.41, 5.74) is -1.20. The Morgan fingerprint density at radius 2 is 1.56 bits per heavy atom. The normalized spacial score (nSPS) is 41.5. The van der Waals surface area contributed by atoms with Crippen molar-refractivity contribution >= 4 is 17.7 Å². The number of nitrogens with one attached hydrogen (secondary N) is 1. The molecule has 0 bridgehead atoms. The Balaban J connectivity index is 1.25. The molecule has 1 aromatic rings. The molecule has 5 heterocycles. The molecule has 0 saturated carbocycles. The summed E-state index contributed by atoms with van der Waals surface area (Å²) in [6.07, 6.45) is 6.56. The molecule has 18 atom stereocenters. The highest BCUT2D eigenvalue weighted by molar-refractivity contribution is 5.94. The molecule has 4 fully saturated rings. The molecule has 2 spiro atoms. The summed E-state index contributed by atoms with van der Waals surface area (Å²) in [5, 5.41) is 36.2. The van der Waals surface area contributed by atoms with Gasteiger partial charge in [0.1, 0.15) is 11.8 Å². The molecule has 0 radical (unpaired) electrons. The van der Waals surface area contributed by atoms with Crippen molar-refractivity contribution in [2.45, 2.75) is 199 Å². The van der Waals surface area contributed by atoms with Gasteiger partial charge in [-0.1, -0.05) is 79.7 Å². The summed E-state index contributed by atoms with van der Waals surface area (Å²) in [6.45, 7) is 19.7. The molecule has 0 aromatic heterocycles. The lowest BCUT2D eigenvalue weighted by Crippen LogP contribution is -2.65. The van der Waals surface area contributed by atoms with Gasteiger partial charge in [0, 0.05) is 35.7 Å². The summed E-state index contributed by atoms with van der Waals surface area (Å²) in [6, 6.07) is 8.36. The largest absolute Gasteiger partial charge is 0.481 e. The first-order chi connectivity index (χ1) is 28.8. The van der Waals surface area contributed by atoms with Gasteiger partial charge >= 0.3 is 5.97 Å². The highest BCUT2D eigenvalue weighted by Crippen LogP contribution is 2.54. The molecule has 4 saturated heterocycles. The summed E-state index contributed by atoms with van der Waals surface area (Å²) in [7, 11) is 0. The number of Topliss-reactive ketones (excluding diaryl/α,β-unsaturated/α-hetero) is 1. The topological polar surface area (TPSA) is 170 Å². The van der Waals surface area contributed by atoms with Crippen LogP contribution in [0.1, 0.15) is 144 Å². The molecular formula is C49H75NO11. The molecule has 342 valence electrons. The van der Waals surface area contributed by atoms with Gasteiger partial charge in [-0.25, -0.2) is 0 Å². The van der Waals surface area contributed by atoms with Crippen molar-refractivity contribution in [3.05, 3.63) is 48.0 Å². The first-order valence-electron chi connectivity index (χ1n) is 23.4. The first-order valence-corrected chi connectivity index (χ1v) is 23.4. The predicted molar refractivity (Wildman–Crippen MR) is 230 cm³/mol. The fourth-order valence-electron chi connectivity index (χ4n) is 11.5. The fourth-order valence-corrected chi connectivity index (χ4v) is 11.5. The molecule has 0 aliphatic carbocycles. The summed E-state index contributed by atoms with van der Waals surface area (Å²) in [4.78, 5) is 40.4. The van der Waals surface area contributed by atoms with Crippen molar-refractivity contribution in [3.8, 4) is 0 Å². The lowest BCUT2D eigenvalue weighted by Gasteiger charge is -2.55. The van der Waals surface area contributed by atoms with Crippen molar-refractivity contribution in [2.24, 2.45) is 41.4 Å². The zero-order valence-corrected chi connectivity index (χ0v) is 38.3. The Bertz CT molecular complexity index is 1720. The van der Waals surface area contributed by atoms with E-state index in [1.807, 2.05) is 71.9 Å². The van der Waals surface area contributed by atoms with Gasteiger partial charge in [0.25, 0.3) is 5.91 Å². The third-order valence-corrected chi connectivity index (χ3v) is 15.8. The molecule has 5 aliphatic rings. The van der Waals surface area contributed by atoms with Gasteiger partial charge in [-0.3, -0.25) is 14.4 Å². The van der Waals surface area contributed by atoms with E-state index in [9.17, 15) is 29.7 Å². The van der Waals surface area contributed by atoms with Crippen LogP contribution in [-0.4, -0.2) is 98.4 Å². The van der Waals surface area contributed by atoms with Crippen molar-refractivity contribution in [1.29, 1.82) is 0 Å². The number of carbonyl (C=O) groups excluding carboxylic acids is 2. The fraction of sp³-hybridized carbons (Fsp3) is 0.776. The number of aliphatic hydroxyl groups excluding tert-OH is 1. The van der Waals surface area contributed by atoms with E-state index in [1.165, 1.54) is 0 Å². The van der Waals surface area contributed by atoms with Gasteiger partial charge < -0.3 is 44.3 Å². The minimum Gasteiger partial charge on any atom is -0.481 e. The summed E-state index contributed by atoms with van der Waals surface area (Å²) >= 11 is 0. The lowest BCUT2D eigenvalue weighted by atomic mass is 9.72. The number of hydrogen-bond donors (Lipinski definition) is 4. The Hall–Kier alpha value is -2.71. The highest BCUT2D eigenvalue weighted by atomic mass is 16.8. The van der Waals surface area contributed by atoms with Crippen molar-refractivity contribution in [3.63, 3.8) is 0 Å². The van der Waals surface area contributed by atoms with E-state index in [1.54, 1.807) is 19.1 Å². The van der Waals surface area contributed by atoms with Crippen LogP contribution in [0.3, 0.4) is 0 Å². The van der Waals surface area contributed by atoms with Gasteiger partial charge in [0.15, 0.2) is 11.6 Å². The SMILES string of the molecule is CCC(C(=O)[C@@H](C)[C@@H](O)[C@H](C)[C@@H]1O[C@@H](C(CC)C(=O)O)CC[C@@H]1C)[C@H]1O[C@]2(C=CC(NC(=O)c3ccccc3)[C@]3(CC[C@@](C)([C@H]4CC[C@](O)(CC)[C@H](C)O4)O3)O2)[C@H](C)C[C@@H]1C. The number of ether oxygens (including phenoxy) is 5. The molecule has 12 heteroatoms. The Morgan fingerprint density at radius 3 is 2.18 bits per heavy atom. The lowest BCUT2D eigenvalue weighted by molar-refractivity contribution is -0.397. The average Bonchev–Trinajstić information content (AvgIpc) is 3.58. The number of amides is 1. The zero-order chi connectivity index (χ0) is 44.7. The molecule has 6 rings (SSSR count). The van der Waals surface area contributed by atoms with E-state index < -0.39 is 89.0 Å². The molecule has 3 unspecified atom stereocenters. The smallest absolute Gasteiger partial charge is 0.309 e. The van der Waals surface area contributed by atoms with Crippen LogP contribution in [0.4, 0.5) is 0 Å². The van der Waals surface area contributed by atoms with Crippen LogP contribution in [0.5, 0.6) is 0 Å². The minimum absolute atomic E-state index is 0.0200. The minimum atomic E-state index is -1.34. The second-order valence-electron chi connectivity index (χ2n) is 19.8. The number of carboxylic acids is 1. The standard InChI is InChI=1S/C49H75NO11/c1-11-35(45(54)55)37-20-19-28(4)42(58-37)32(8)40(51)31(7)41(52)36(12-2)43-29(5)27-30(6)48(59-43)24-21-38(50-44(53)34-17-15-14-16-18-34)49(61-48)26-25-46(10,60-49)39-22-23-47(56,13-3)33(9)57-39/h14-18,21,24,28-33,35-40,42-43,51,56H,11-13,19-20,22-23,25-27H2,1-10H3,(H,50,53)(H,54,55)/t28-,29-,30+,31-,32-,33-,35?,36?,37+,38?,39+,40+,42+,43-,46-,47+,48-,49-/m0/s1. The predicted octanol–water partition coefficient (Wildman–Crippen LogP) is 7.63. The highest BCUT2D eigenvalue weighted by Gasteiger charge is 2.63. The summed E-state index contributed by atoms with van der Waals surface area (Å²) in [5.74, 6) is -6.27. The molecule has 12 nitrogen and oxygen atoms in total. The van der Waals surface area contributed by atoms with E-state index in [0.29, 0.717) is 63.4 Å². The maximum absolute atomic E-state index is 14.7. The monoisotopic (exact) mass is 854 g/mol. The molecule has 61 heavy (non-hydrogen) atoms. The quantitative estimate of drug-likeness (QED) is 0.136. The number of hydrogen-bond acceptors (Lipinski definition) is 10. The summed E-state index contributed by atoms with van der Waals surface area (Å²) < 4.78 is 34.6. The van der Waals surface area contributed by atoms with E-state index >= 15 is 0 Å². The average molecular weight is 854 g/mol. The van der Waals surface area contributed by atoms with Gasteiger partial charge in [-0.2, -0.15) is 0 Å². The van der Waals surface area contributed by atoms with Gasteiger partial charge in [0.2, 0.25) is 0 Å². The number of rotatable bonds is 14. The number of ketones is 1. The van der Waals surface area contributed by atoms with Gasteiger partial charge in [-0.15, -0.1) is 0 Å². The van der Waals surface area contributed by atoms with E-state index in [0.717, 1.165) is 6.42 Å². The first kappa shape index (κ1) is 47.8. The van der Waals surface area contributed by atoms with Gasteiger partial charge in [-0.05, 0) is 102 Å². The number of aliphatic carboxylic acids is 1. The number of carbonyl (C=O) groups is 3. The van der Waals surface area contributed by atoms with Crippen LogP contribution < -0.4 is 5.32 Å². The van der Waals surface area contributed by atoms with Crippen LogP contribution >= 0.6 is 0 Å². The number of benzene rings is 1. The van der Waals surface area contributed by atoms with E-state index in [2.05, 4.69) is 26.1 Å². The number of aliphatic hydroxyl groups is 2. The Morgan fingerprint density at radius 1 is 0.869 bits per heavy atom. The second-order valence-corrected chi connectivity index (χ2v) is 19.8. The third kappa shape index (κ3) is 9.29. The third-order valence-electron chi connectivity index (χ3n) is 15.8. The molecule has 5 aliphatic heterocycles. The van der Waals surface area contributed by atoms with Crippen molar-refractivity contribution < 1.29 is 53.4 Å². The molecular weight excluding hydrogens is 779 g/mol. The van der Waals surface area contributed by atoms with Crippen LogP contribution in [0, 0.1) is 41.4 Å². The van der Waals surface area contributed by atoms with Crippen LogP contribution in [-0.2, 0) is 33.3 Å². The second kappa shape index (κ2) is 18.8. The number of carboxylic acid groups (broad SMARTS) is 1. The van der Waals surface area contributed by atoms with E-state index in [4.69, 9.17) is 23.7 Å². The van der Waals surface area contributed by atoms with Crippen LogP contribution in [0.2, 0.25) is 0 Å². The molecule has 1 aromatic carbocycles. The zero-order valence-electron chi connectivity index (χ0n) is 38.3. The van der Waals surface area contributed by atoms with Crippen molar-refractivity contribution in [2.75, 3.05) is 0 Å². The maximum Gasteiger partial charge on any atom is 0.309 e. The maximum atomic E-state index is 14.7. The van der Waals surface area contributed by atoms with Gasteiger partial charge in [0.05, 0.1) is 53.7 Å². The Kier molecular flexibility index (Phi) is 14.7. The van der Waals surface area contributed by atoms with Crippen LogP contribution in [0.15, 0.2) is 42.5 Å². The molecule has 4 N–H and O–H groups in total. The molecule has 1 amide bonds. The van der Waals surface area contributed by atoms with Crippen molar-refractivity contribution in [1.82, 2.24) is 5.32 Å². The Labute approximate surface area is 363 Å². The van der Waals surface area contributed by atoms with Crippen LogP contribution in [0.25, 0.3) is 0 Å². The van der Waals surface area contributed by atoms with E-state index in [-0.39, 0.29) is 35.5 Å².